The first-order valence-electron chi connectivity index (χ1n) is 4.80. The number of hydrogen-bond donors (Lipinski definition) is 1. The normalized spacial score (nSPS) is 30.5. The van der Waals surface area contributed by atoms with E-state index in [1.54, 1.807) is 0 Å². The third-order valence-corrected chi connectivity index (χ3v) is 2.84. The standard InChI is InChI=1S/C9H17NO/c1-2-4-6-9(5-3-1)10-7-8-11-9/h10H,1-8H2. The van der Waals surface area contributed by atoms with Gasteiger partial charge in [-0.1, -0.05) is 12.8 Å². The van der Waals surface area contributed by atoms with Crippen molar-refractivity contribution in [3.8, 4) is 0 Å². The molecule has 0 aromatic carbocycles. The minimum atomic E-state index is 0.108. The fourth-order valence-electron chi connectivity index (χ4n) is 2.20. The summed E-state index contributed by atoms with van der Waals surface area (Å²) in [6.07, 6.45) is 7.93. The smallest absolute Gasteiger partial charge is 0.119 e. The molecule has 0 unspecified atom stereocenters. The molecule has 2 nitrogen and oxygen atoms in total. The van der Waals surface area contributed by atoms with Crippen LogP contribution in [0, 0.1) is 0 Å². The molecule has 0 radical (unpaired) electrons. The van der Waals surface area contributed by atoms with Gasteiger partial charge in [0.05, 0.1) is 6.61 Å². The lowest BCUT2D eigenvalue weighted by molar-refractivity contribution is -0.0220. The Balaban J connectivity index is 1.97. The van der Waals surface area contributed by atoms with Crippen molar-refractivity contribution in [3.63, 3.8) is 0 Å². The first-order valence-corrected chi connectivity index (χ1v) is 4.80. The number of hydrogen-bond acceptors (Lipinski definition) is 2. The van der Waals surface area contributed by atoms with Gasteiger partial charge in [0, 0.05) is 6.54 Å². The van der Waals surface area contributed by atoms with Crippen LogP contribution in [0.3, 0.4) is 0 Å². The van der Waals surface area contributed by atoms with Crippen LogP contribution in [0.4, 0.5) is 0 Å². The number of ether oxygens (including phenoxy) is 1. The van der Waals surface area contributed by atoms with Crippen molar-refractivity contribution >= 4 is 0 Å². The predicted molar refractivity (Wildman–Crippen MR) is 44.4 cm³/mol. The first kappa shape index (κ1) is 7.56. The Morgan fingerprint density at radius 3 is 2.27 bits per heavy atom. The molecule has 2 rings (SSSR count). The highest BCUT2D eigenvalue weighted by Gasteiger charge is 2.34. The molecule has 1 aliphatic heterocycles. The maximum absolute atomic E-state index is 5.75. The van der Waals surface area contributed by atoms with Crippen molar-refractivity contribution in [2.75, 3.05) is 13.2 Å². The van der Waals surface area contributed by atoms with Gasteiger partial charge in [0.15, 0.2) is 0 Å². The summed E-state index contributed by atoms with van der Waals surface area (Å²) in [7, 11) is 0. The molecule has 2 aliphatic rings. The Morgan fingerprint density at radius 2 is 1.73 bits per heavy atom. The highest BCUT2D eigenvalue weighted by Crippen LogP contribution is 2.29. The molecule has 1 aliphatic carbocycles. The van der Waals surface area contributed by atoms with Gasteiger partial charge in [0.2, 0.25) is 0 Å². The molecule has 0 aromatic rings. The number of nitrogens with one attached hydrogen (secondary N) is 1. The summed E-state index contributed by atoms with van der Waals surface area (Å²) < 4.78 is 5.75. The Bertz CT molecular complexity index is 120. The molecule has 0 amide bonds. The van der Waals surface area contributed by atoms with E-state index in [0.717, 1.165) is 13.2 Å². The molecule has 1 saturated carbocycles. The quantitative estimate of drug-likeness (QED) is 0.574. The molecule has 2 fully saturated rings. The van der Waals surface area contributed by atoms with Crippen molar-refractivity contribution in [2.45, 2.75) is 44.2 Å². The van der Waals surface area contributed by atoms with E-state index >= 15 is 0 Å². The molecular formula is C9H17NO. The van der Waals surface area contributed by atoms with Crippen molar-refractivity contribution in [1.29, 1.82) is 0 Å². The van der Waals surface area contributed by atoms with Gasteiger partial charge in [-0.25, -0.2) is 0 Å². The van der Waals surface area contributed by atoms with Crippen LogP contribution in [0.1, 0.15) is 38.5 Å². The highest BCUT2D eigenvalue weighted by atomic mass is 16.5. The summed E-state index contributed by atoms with van der Waals surface area (Å²) in [5, 5.41) is 3.49. The Morgan fingerprint density at radius 1 is 1.00 bits per heavy atom. The highest BCUT2D eigenvalue weighted by molar-refractivity contribution is 4.84. The van der Waals surface area contributed by atoms with Gasteiger partial charge in [-0.15, -0.1) is 0 Å². The molecule has 0 bridgehead atoms. The summed E-state index contributed by atoms with van der Waals surface area (Å²) in [6.45, 7) is 1.97. The van der Waals surface area contributed by atoms with Crippen molar-refractivity contribution in [3.05, 3.63) is 0 Å². The monoisotopic (exact) mass is 155 g/mol. The molecule has 0 aromatic heterocycles. The third kappa shape index (κ3) is 1.57. The zero-order chi connectivity index (χ0) is 7.57. The van der Waals surface area contributed by atoms with E-state index in [4.69, 9.17) is 4.74 Å². The van der Waals surface area contributed by atoms with Crippen LogP contribution in [-0.4, -0.2) is 18.9 Å². The maximum Gasteiger partial charge on any atom is 0.119 e. The van der Waals surface area contributed by atoms with E-state index < -0.39 is 0 Å². The number of rotatable bonds is 0. The van der Waals surface area contributed by atoms with Crippen LogP contribution in [0.25, 0.3) is 0 Å². The fraction of sp³-hybridized carbons (Fsp3) is 1.00. The van der Waals surface area contributed by atoms with E-state index in [0.29, 0.717) is 0 Å². The third-order valence-electron chi connectivity index (χ3n) is 2.84. The minimum absolute atomic E-state index is 0.108. The lowest BCUT2D eigenvalue weighted by atomic mass is 10.1. The van der Waals surface area contributed by atoms with Crippen molar-refractivity contribution in [2.24, 2.45) is 0 Å². The molecular weight excluding hydrogens is 138 g/mol. The summed E-state index contributed by atoms with van der Waals surface area (Å²) in [5.74, 6) is 0. The van der Waals surface area contributed by atoms with Crippen LogP contribution in [-0.2, 0) is 4.74 Å². The lowest BCUT2D eigenvalue weighted by Crippen LogP contribution is -2.40. The van der Waals surface area contributed by atoms with Gasteiger partial charge < -0.3 is 4.74 Å². The predicted octanol–water partition coefficient (Wildman–Crippen LogP) is 1.66. The summed E-state index contributed by atoms with van der Waals surface area (Å²) in [6, 6.07) is 0. The maximum atomic E-state index is 5.75. The lowest BCUT2D eigenvalue weighted by Gasteiger charge is -2.26. The van der Waals surface area contributed by atoms with Crippen LogP contribution in [0.2, 0.25) is 0 Å². The average Bonchev–Trinajstić information content (AvgIpc) is 2.32. The van der Waals surface area contributed by atoms with E-state index in [9.17, 15) is 0 Å². The van der Waals surface area contributed by atoms with Crippen molar-refractivity contribution in [1.82, 2.24) is 5.32 Å². The fourth-order valence-corrected chi connectivity index (χ4v) is 2.20. The SMILES string of the molecule is C1CCCC2(CC1)NCCO2. The Kier molecular flexibility index (Phi) is 2.14. The minimum Gasteiger partial charge on any atom is -0.359 e. The van der Waals surface area contributed by atoms with E-state index in [1.807, 2.05) is 0 Å². The molecule has 2 heteroatoms. The summed E-state index contributed by atoms with van der Waals surface area (Å²) in [5.41, 5.74) is 0.108. The molecule has 0 atom stereocenters. The molecule has 1 N–H and O–H groups in total. The van der Waals surface area contributed by atoms with Crippen LogP contribution in [0.15, 0.2) is 0 Å². The van der Waals surface area contributed by atoms with E-state index in [2.05, 4.69) is 5.32 Å². The molecule has 11 heavy (non-hydrogen) atoms. The van der Waals surface area contributed by atoms with Crippen LogP contribution < -0.4 is 5.32 Å². The zero-order valence-corrected chi connectivity index (χ0v) is 7.07. The van der Waals surface area contributed by atoms with Gasteiger partial charge in [0.1, 0.15) is 5.72 Å². The molecule has 1 heterocycles. The topological polar surface area (TPSA) is 21.3 Å². The van der Waals surface area contributed by atoms with Crippen LogP contribution in [0.5, 0.6) is 0 Å². The van der Waals surface area contributed by atoms with E-state index in [-0.39, 0.29) is 5.72 Å². The second-order valence-corrected chi connectivity index (χ2v) is 3.68. The summed E-state index contributed by atoms with van der Waals surface area (Å²) >= 11 is 0. The van der Waals surface area contributed by atoms with Crippen LogP contribution >= 0.6 is 0 Å². The van der Waals surface area contributed by atoms with E-state index in [1.165, 1.54) is 38.5 Å². The second kappa shape index (κ2) is 3.11. The van der Waals surface area contributed by atoms with Gasteiger partial charge in [-0.3, -0.25) is 5.32 Å². The Hall–Kier alpha value is -0.0800. The second-order valence-electron chi connectivity index (χ2n) is 3.68. The van der Waals surface area contributed by atoms with Gasteiger partial charge in [-0.05, 0) is 25.7 Å². The first-order chi connectivity index (χ1) is 5.41. The Labute approximate surface area is 68.3 Å². The molecule has 1 spiro atoms. The van der Waals surface area contributed by atoms with Gasteiger partial charge in [-0.2, -0.15) is 0 Å². The van der Waals surface area contributed by atoms with Gasteiger partial charge in [0.25, 0.3) is 0 Å². The zero-order valence-electron chi connectivity index (χ0n) is 7.07. The summed E-state index contributed by atoms with van der Waals surface area (Å²) in [4.78, 5) is 0. The average molecular weight is 155 g/mol. The molecule has 1 saturated heterocycles. The molecule has 64 valence electrons. The largest absolute Gasteiger partial charge is 0.359 e. The van der Waals surface area contributed by atoms with Gasteiger partial charge >= 0.3 is 0 Å². The van der Waals surface area contributed by atoms with Crippen molar-refractivity contribution < 1.29 is 4.74 Å².